The average Bonchev–Trinajstić information content (AvgIpc) is 2.70. The van der Waals surface area contributed by atoms with Crippen molar-refractivity contribution in [2.45, 2.75) is 18.8 Å². The summed E-state index contributed by atoms with van der Waals surface area (Å²) >= 11 is 0. The maximum absolute atomic E-state index is 10.7. The lowest BCUT2D eigenvalue weighted by molar-refractivity contribution is -0.0106. The van der Waals surface area contributed by atoms with E-state index in [1.807, 2.05) is 48.5 Å². The van der Waals surface area contributed by atoms with Crippen molar-refractivity contribution < 1.29 is 19.3 Å². The first-order valence-electron chi connectivity index (χ1n) is 8.48. The van der Waals surface area contributed by atoms with Gasteiger partial charge < -0.3 is 19.3 Å². The Hall–Kier alpha value is -3.05. The minimum atomic E-state index is -0.806. The van der Waals surface area contributed by atoms with Gasteiger partial charge >= 0.3 is 0 Å². The minimum Gasteiger partial charge on any atom is -0.489 e. The average molecular weight is 349 g/mol. The van der Waals surface area contributed by atoms with Crippen LogP contribution < -0.4 is 14.2 Å². The van der Waals surface area contributed by atoms with Gasteiger partial charge in [0, 0.05) is 11.8 Å². The number of hydrogen-bond donors (Lipinski definition) is 1. The maximum atomic E-state index is 10.7. The van der Waals surface area contributed by atoms with E-state index in [1.165, 1.54) is 0 Å². The smallest absolute Gasteiger partial charge is 0.163 e. The van der Waals surface area contributed by atoms with E-state index in [0.717, 1.165) is 5.56 Å². The zero-order valence-corrected chi connectivity index (χ0v) is 14.1. The van der Waals surface area contributed by atoms with Gasteiger partial charge in [0.2, 0.25) is 0 Å². The van der Waals surface area contributed by atoms with Crippen molar-refractivity contribution >= 4 is 0 Å². The molecule has 2 aromatic carbocycles. The quantitative estimate of drug-likeness (QED) is 0.763. The molecule has 5 nitrogen and oxygen atoms in total. The van der Waals surface area contributed by atoms with Gasteiger partial charge in [0.25, 0.3) is 0 Å². The molecule has 2 heterocycles. The third-order valence-corrected chi connectivity index (χ3v) is 4.23. The Morgan fingerprint density at radius 2 is 1.92 bits per heavy atom. The fraction of sp³-hybridized carbons (Fsp3) is 0.190. The molecule has 0 aliphatic carbocycles. The largest absolute Gasteiger partial charge is 0.489 e. The molecule has 0 bridgehead atoms. The second-order valence-corrected chi connectivity index (χ2v) is 6.07. The SMILES string of the molecule is O[C@H]1c2cc(OCc3ccccc3)ccc2OC[C@H]1Oc1cccnc1. The Bertz CT molecular complexity index is 854. The summed E-state index contributed by atoms with van der Waals surface area (Å²) in [5, 5.41) is 10.7. The number of aliphatic hydroxyl groups excluding tert-OH is 1. The van der Waals surface area contributed by atoms with Gasteiger partial charge in [-0.25, -0.2) is 0 Å². The van der Waals surface area contributed by atoms with Crippen LogP contribution in [0.15, 0.2) is 73.1 Å². The lowest BCUT2D eigenvalue weighted by atomic mass is 10.0. The van der Waals surface area contributed by atoms with Crippen molar-refractivity contribution in [3.63, 3.8) is 0 Å². The van der Waals surface area contributed by atoms with Crippen LogP contribution in [-0.2, 0) is 6.61 Å². The molecule has 0 unspecified atom stereocenters. The van der Waals surface area contributed by atoms with Gasteiger partial charge in [0.1, 0.15) is 36.6 Å². The van der Waals surface area contributed by atoms with Crippen molar-refractivity contribution in [3.8, 4) is 17.2 Å². The van der Waals surface area contributed by atoms with Crippen molar-refractivity contribution in [1.29, 1.82) is 0 Å². The Kier molecular flexibility index (Phi) is 4.71. The second-order valence-electron chi connectivity index (χ2n) is 6.07. The molecule has 1 aromatic heterocycles. The third-order valence-electron chi connectivity index (χ3n) is 4.23. The number of pyridine rings is 1. The molecule has 4 rings (SSSR count). The van der Waals surface area contributed by atoms with Crippen LogP contribution in [0, 0.1) is 0 Å². The molecule has 1 aliphatic heterocycles. The molecule has 0 spiro atoms. The number of rotatable bonds is 5. The first-order chi connectivity index (χ1) is 12.8. The summed E-state index contributed by atoms with van der Waals surface area (Å²) in [5.74, 6) is 1.92. The molecule has 0 amide bonds. The van der Waals surface area contributed by atoms with Crippen LogP contribution in [0.1, 0.15) is 17.2 Å². The van der Waals surface area contributed by atoms with Crippen LogP contribution >= 0.6 is 0 Å². The van der Waals surface area contributed by atoms with Crippen LogP contribution in [0.5, 0.6) is 17.2 Å². The minimum absolute atomic E-state index is 0.271. The van der Waals surface area contributed by atoms with Crippen LogP contribution in [0.3, 0.4) is 0 Å². The molecule has 0 saturated heterocycles. The molecular formula is C21H19NO4. The van der Waals surface area contributed by atoms with E-state index in [1.54, 1.807) is 24.5 Å². The van der Waals surface area contributed by atoms with Gasteiger partial charge in [-0.15, -0.1) is 0 Å². The fourth-order valence-corrected chi connectivity index (χ4v) is 2.87. The van der Waals surface area contributed by atoms with E-state index in [4.69, 9.17) is 14.2 Å². The van der Waals surface area contributed by atoms with Crippen molar-refractivity contribution in [2.24, 2.45) is 0 Å². The van der Waals surface area contributed by atoms with Crippen molar-refractivity contribution in [2.75, 3.05) is 6.61 Å². The number of hydrogen-bond acceptors (Lipinski definition) is 5. The van der Waals surface area contributed by atoms with E-state index in [0.29, 0.717) is 29.4 Å². The monoisotopic (exact) mass is 349 g/mol. The molecule has 3 aromatic rings. The Balaban J connectivity index is 1.48. The molecule has 0 fully saturated rings. The summed E-state index contributed by atoms with van der Waals surface area (Å²) in [5.41, 5.74) is 1.75. The zero-order chi connectivity index (χ0) is 17.8. The first kappa shape index (κ1) is 16.4. The van der Waals surface area contributed by atoms with Crippen molar-refractivity contribution in [1.82, 2.24) is 4.98 Å². The third kappa shape index (κ3) is 3.63. The van der Waals surface area contributed by atoms with Gasteiger partial charge in [-0.05, 0) is 35.9 Å². The molecule has 26 heavy (non-hydrogen) atoms. The maximum Gasteiger partial charge on any atom is 0.163 e. The molecular weight excluding hydrogens is 330 g/mol. The summed E-state index contributed by atoms with van der Waals surface area (Å²) in [6, 6.07) is 19.0. The van der Waals surface area contributed by atoms with E-state index < -0.39 is 12.2 Å². The van der Waals surface area contributed by atoms with Crippen LogP contribution in [0.2, 0.25) is 0 Å². The predicted octanol–water partition coefficient (Wildman–Crippen LogP) is 3.53. The van der Waals surface area contributed by atoms with Gasteiger partial charge in [0.05, 0.1) is 6.20 Å². The highest BCUT2D eigenvalue weighted by Crippen LogP contribution is 2.36. The predicted molar refractivity (Wildman–Crippen MR) is 96.3 cm³/mol. The summed E-state index contributed by atoms with van der Waals surface area (Å²) in [7, 11) is 0. The summed E-state index contributed by atoms with van der Waals surface area (Å²) < 4.78 is 17.4. The zero-order valence-electron chi connectivity index (χ0n) is 14.1. The second kappa shape index (κ2) is 7.45. The highest BCUT2D eigenvalue weighted by Gasteiger charge is 2.31. The van der Waals surface area contributed by atoms with E-state index >= 15 is 0 Å². The Labute approximate surface area is 151 Å². The number of ether oxygens (including phenoxy) is 3. The molecule has 132 valence electrons. The van der Waals surface area contributed by atoms with E-state index in [9.17, 15) is 5.11 Å². The van der Waals surface area contributed by atoms with Gasteiger partial charge in [-0.1, -0.05) is 30.3 Å². The summed E-state index contributed by atoms with van der Waals surface area (Å²) in [4.78, 5) is 4.02. The summed E-state index contributed by atoms with van der Waals surface area (Å²) in [6.45, 7) is 0.736. The molecule has 1 aliphatic rings. The number of benzene rings is 2. The number of aliphatic hydroxyl groups is 1. The van der Waals surface area contributed by atoms with Gasteiger partial charge in [-0.3, -0.25) is 4.98 Å². The molecule has 0 radical (unpaired) electrons. The van der Waals surface area contributed by atoms with Gasteiger partial charge in [-0.2, -0.15) is 0 Å². The highest BCUT2D eigenvalue weighted by atomic mass is 16.5. The lowest BCUT2D eigenvalue weighted by Crippen LogP contribution is -2.35. The van der Waals surface area contributed by atoms with Gasteiger partial charge in [0.15, 0.2) is 6.10 Å². The normalized spacial score (nSPS) is 18.5. The lowest BCUT2D eigenvalue weighted by Gasteiger charge is -2.30. The molecule has 5 heteroatoms. The molecule has 2 atom stereocenters. The highest BCUT2D eigenvalue weighted by molar-refractivity contribution is 5.43. The standard InChI is InChI=1S/C21H19NO4/c23-21-18-11-16(24-13-15-5-2-1-3-6-15)8-9-19(18)25-14-20(21)26-17-7-4-10-22-12-17/h1-12,20-21,23H,13-14H2/t20-,21+/m1/s1. The molecule has 0 saturated carbocycles. The fourth-order valence-electron chi connectivity index (χ4n) is 2.87. The summed E-state index contributed by atoms with van der Waals surface area (Å²) in [6.07, 6.45) is 1.98. The number of aromatic nitrogens is 1. The topological polar surface area (TPSA) is 60.8 Å². The van der Waals surface area contributed by atoms with E-state index in [-0.39, 0.29) is 6.61 Å². The molecule has 1 N–H and O–H groups in total. The first-order valence-corrected chi connectivity index (χ1v) is 8.48. The Morgan fingerprint density at radius 3 is 2.73 bits per heavy atom. The van der Waals surface area contributed by atoms with Crippen LogP contribution in [0.25, 0.3) is 0 Å². The van der Waals surface area contributed by atoms with Crippen LogP contribution in [-0.4, -0.2) is 22.8 Å². The number of fused-ring (bicyclic) bond motifs is 1. The van der Waals surface area contributed by atoms with E-state index in [2.05, 4.69) is 4.98 Å². The number of nitrogens with zero attached hydrogens (tertiary/aromatic N) is 1. The Morgan fingerprint density at radius 1 is 1.04 bits per heavy atom. The van der Waals surface area contributed by atoms with Crippen LogP contribution in [0.4, 0.5) is 0 Å². The van der Waals surface area contributed by atoms with Crippen molar-refractivity contribution in [3.05, 3.63) is 84.2 Å².